The summed E-state index contributed by atoms with van der Waals surface area (Å²) < 4.78 is 6.30. The maximum atomic E-state index is 9.07. The SMILES string of the molecule is CC(CO)C(C)NC(CN)c1occc1Br. The Kier molecular flexibility index (Phi) is 5.48. The fourth-order valence-corrected chi connectivity index (χ4v) is 1.92. The minimum Gasteiger partial charge on any atom is -0.466 e. The van der Waals surface area contributed by atoms with Gasteiger partial charge in [-0.15, -0.1) is 0 Å². The highest BCUT2D eigenvalue weighted by molar-refractivity contribution is 9.10. The summed E-state index contributed by atoms with van der Waals surface area (Å²) in [7, 11) is 0. The number of halogens is 1. The molecular weight excluding hydrogens is 272 g/mol. The zero-order valence-electron chi connectivity index (χ0n) is 9.61. The van der Waals surface area contributed by atoms with Crippen molar-refractivity contribution < 1.29 is 9.52 Å². The molecule has 0 saturated carbocycles. The second-order valence-corrected chi connectivity index (χ2v) is 4.89. The predicted molar refractivity (Wildman–Crippen MR) is 67.1 cm³/mol. The fraction of sp³-hybridized carbons (Fsp3) is 0.636. The first-order chi connectivity index (χ1) is 7.60. The van der Waals surface area contributed by atoms with Gasteiger partial charge < -0.3 is 20.6 Å². The molecule has 0 aliphatic rings. The van der Waals surface area contributed by atoms with Gasteiger partial charge in [-0.3, -0.25) is 0 Å². The smallest absolute Gasteiger partial charge is 0.136 e. The summed E-state index contributed by atoms with van der Waals surface area (Å²) in [5, 5.41) is 12.4. The normalized spacial score (nSPS) is 17.1. The number of nitrogens with two attached hydrogens (primary N) is 1. The van der Waals surface area contributed by atoms with Gasteiger partial charge in [0.2, 0.25) is 0 Å². The van der Waals surface area contributed by atoms with Gasteiger partial charge in [0.15, 0.2) is 0 Å². The van der Waals surface area contributed by atoms with Crippen LogP contribution < -0.4 is 11.1 Å². The van der Waals surface area contributed by atoms with E-state index < -0.39 is 0 Å². The van der Waals surface area contributed by atoms with E-state index in [-0.39, 0.29) is 24.6 Å². The van der Waals surface area contributed by atoms with E-state index in [9.17, 15) is 0 Å². The first-order valence-electron chi connectivity index (χ1n) is 5.40. The van der Waals surface area contributed by atoms with Crippen LogP contribution in [0.2, 0.25) is 0 Å². The predicted octanol–water partition coefficient (Wildman–Crippen LogP) is 1.65. The standard InChI is InChI=1S/C11H19BrN2O2/c1-7(6-15)8(2)14-10(5-13)11-9(12)3-4-16-11/h3-4,7-8,10,14-15H,5-6,13H2,1-2H3. The lowest BCUT2D eigenvalue weighted by atomic mass is 10.0. The highest BCUT2D eigenvalue weighted by Crippen LogP contribution is 2.24. The van der Waals surface area contributed by atoms with Gasteiger partial charge in [0, 0.05) is 19.2 Å². The number of aliphatic hydroxyl groups excluding tert-OH is 1. The molecule has 0 radical (unpaired) electrons. The van der Waals surface area contributed by atoms with Crippen LogP contribution in [0.25, 0.3) is 0 Å². The van der Waals surface area contributed by atoms with Crippen molar-refractivity contribution in [3.63, 3.8) is 0 Å². The zero-order chi connectivity index (χ0) is 12.1. The minimum absolute atomic E-state index is 0.0339. The molecule has 5 heteroatoms. The first-order valence-corrected chi connectivity index (χ1v) is 6.19. The van der Waals surface area contributed by atoms with Crippen molar-refractivity contribution in [1.82, 2.24) is 5.32 Å². The molecule has 0 spiro atoms. The van der Waals surface area contributed by atoms with E-state index in [0.29, 0.717) is 6.54 Å². The Morgan fingerprint density at radius 2 is 2.25 bits per heavy atom. The minimum atomic E-state index is -0.0339. The van der Waals surface area contributed by atoms with Crippen LogP contribution in [0.1, 0.15) is 25.6 Å². The van der Waals surface area contributed by atoms with Crippen LogP contribution in [0.15, 0.2) is 21.2 Å². The Hall–Kier alpha value is -0.360. The van der Waals surface area contributed by atoms with E-state index in [4.69, 9.17) is 15.3 Å². The third-order valence-electron chi connectivity index (χ3n) is 2.80. The first kappa shape index (κ1) is 13.7. The molecule has 92 valence electrons. The average Bonchev–Trinajstić information content (AvgIpc) is 2.70. The number of nitrogens with one attached hydrogen (secondary N) is 1. The van der Waals surface area contributed by atoms with Crippen molar-refractivity contribution >= 4 is 15.9 Å². The summed E-state index contributed by atoms with van der Waals surface area (Å²) in [6.07, 6.45) is 1.63. The van der Waals surface area contributed by atoms with Crippen molar-refractivity contribution in [2.45, 2.75) is 25.9 Å². The Morgan fingerprint density at radius 1 is 1.56 bits per heavy atom. The van der Waals surface area contributed by atoms with E-state index in [0.717, 1.165) is 10.2 Å². The van der Waals surface area contributed by atoms with Gasteiger partial charge in [-0.2, -0.15) is 0 Å². The number of hydrogen-bond donors (Lipinski definition) is 3. The average molecular weight is 291 g/mol. The van der Waals surface area contributed by atoms with Crippen molar-refractivity contribution in [3.05, 3.63) is 22.6 Å². The Labute approximate surface area is 104 Å². The summed E-state index contributed by atoms with van der Waals surface area (Å²) in [4.78, 5) is 0. The Morgan fingerprint density at radius 3 is 2.69 bits per heavy atom. The summed E-state index contributed by atoms with van der Waals surface area (Å²) in [6, 6.07) is 1.99. The second-order valence-electron chi connectivity index (χ2n) is 4.04. The van der Waals surface area contributed by atoms with Crippen LogP contribution in [0.5, 0.6) is 0 Å². The fourth-order valence-electron chi connectivity index (χ4n) is 1.44. The lowest BCUT2D eigenvalue weighted by Crippen LogP contribution is -2.39. The Bertz CT molecular complexity index is 317. The molecule has 16 heavy (non-hydrogen) atoms. The van der Waals surface area contributed by atoms with Crippen LogP contribution in [0.3, 0.4) is 0 Å². The van der Waals surface area contributed by atoms with Crippen molar-refractivity contribution in [1.29, 1.82) is 0 Å². The molecule has 3 unspecified atom stereocenters. The molecule has 0 aliphatic heterocycles. The molecule has 4 N–H and O–H groups in total. The summed E-state index contributed by atoms with van der Waals surface area (Å²) in [5.41, 5.74) is 5.72. The molecular formula is C11H19BrN2O2. The second kappa shape index (κ2) is 6.39. The van der Waals surface area contributed by atoms with Crippen LogP contribution in [-0.4, -0.2) is 24.3 Å². The van der Waals surface area contributed by atoms with E-state index in [2.05, 4.69) is 21.2 Å². The van der Waals surface area contributed by atoms with E-state index in [1.165, 1.54) is 0 Å². The monoisotopic (exact) mass is 290 g/mol. The van der Waals surface area contributed by atoms with E-state index >= 15 is 0 Å². The van der Waals surface area contributed by atoms with Crippen molar-refractivity contribution in [2.24, 2.45) is 11.7 Å². The maximum Gasteiger partial charge on any atom is 0.136 e. The van der Waals surface area contributed by atoms with E-state index in [1.54, 1.807) is 6.26 Å². The molecule has 0 saturated heterocycles. The molecule has 1 rings (SSSR count). The van der Waals surface area contributed by atoms with Crippen LogP contribution in [0.4, 0.5) is 0 Å². The molecule has 0 aromatic carbocycles. The molecule has 0 fully saturated rings. The molecule has 0 aliphatic carbocycles. The highest BCUT2D eigenvalue weighted by atomic mass is 79.9. The highest BCUT2D eigenvalue weighted by Gasteiger charge is 2.20. The molecule has 1 aromatic rings. The lowest BCUT2D eigenvalue weighted by molar-refractivity contribution is 0.198. The van der Waals surface area contributed by atoms with Gasteiger partial charge in [-0.1, -0.05) is 6.92 Å². The Balaban J connectivity index is 2.66. The molecule has 0 amide bonds. The van der Waals surface area contributed by atoms with Gasteiger partial charge >= 0.3 is 0 Å². The number of furan rings is 1. The molecule has 0 bridgehead atoms. The van der Waals surface area contributed by atoms with E-state index in [1.807, 2.05) is 19.9 Å². The van der Waals surface area contributed by atoms with Crippen molar-refractivity contribution in [2.75, 3.05) is 13.2 Å². The number of aliphatic hydroxyl groups is 1. The van der Waals surface area contributed by atoms with Gasteiger partial charge in [0.25, 0.3) is 0 Å². The molecule has 4 nitrogen and oxygen atoms in total. The summed E-state index contributed by atoms with van der Waals surface area (Å²) in [6.45, 7) is 4.63. The topological polar surface area (TPSA) is 71.4 Å². The van der Waals surface area contributed by atoms with Gasteiger partial charge in [-0.25, -0.2) is 0 Å². The van der Waals surface area contributed by atoms with Crippen LogP contribution >= 0.6 is 15.9 Å². The molecule has 1 heterocycles. The number of rotatable bonds is 6. The maximum absolute atomic E-state index is 9.07. The van der Waals surface area contributed by atoms with Crippen LogP contribution in [0, 0.1) is 5.92 Å². The lowest BCUT2D eigenvalue weighted by Gasteiger charge is -2.24. The third kappa shape index (κ3) is 3.31. The summed E-state index contributed by atoms with van der Waals surface area (Å²) in [5.74, 6) is 0.988. The van der Waals surface area contributed by atoms with Gasteiger partial charge in [-0.05, 0) is 34.8 Å². The van der Waals surface area contributed by atoms with Gasteiger partial charge in [0.1, 0.15) is 5.76 Å². The van der Waals surface area contributed by atoms with Gasteiger partial charge in [0.05, 0.1) is 16.8 Å². The van der Waals surface area contributed by atoms with Crippen molar-refractivity contribution in [3.8, 4) is 0 Å². The largest absolute Gasteiger partial charge is 0.466 e. The zero-order valence-corrected chi connectivity index (χ0v) is 11.2. The number of hydrogen-bond acceptors (Lipinski definition) is 4. The quantitative estimate of drug-likeness (QED) is 0.745. The summed E-state index contributed by atoms with van der Waals surface area (Å²) >= 11 is 3.41. The third-order valence-corrected chi connectivity index (χ3v) is 3.46. The molecule has 1 aromatic heterocycles. The molecule has 3 atom stereocenters. The van der Waals surface area contributed by atoms with Crippen LogP contribution in [-0.2, 0) is 0 Å².